The number of hydrogen-bond donors (Lipinski definition) is 4. The first-order chi connectivity index (χ1) is 13.6. The van der Waals surface area contributed by atoms with E-state index < -0.39 is 0 Å². The van der Waals surface area contributed by atoms with Crippen LogP contribution in [0.5, 0.6) is 0 Å². The predicted octanol–water partition coefficient (Wildman–Crippen LogP) is 1.08. The van der Waals surface area contributed by atoms with Crippen LogP contribution >= 0.6 is 11.6 Å². The minimum absolute atomic E-state index is 0.00249. The van der Waals surface area contributed by atoms with Crippen LogP contribution in [0.25, 0.3) is 0 Å². The molecule has 7 nitrogen and oxygen atoms in total. The van der Waals surface area contributed by atoms with E-state index in [1.165, 1.54) is 5.56 Å². The van der Waals surface area contributed by atoms with E-state index in [9.17, 15) is 4.79 Å². The van der Waals surface area contributed by atoms with Crippen molar-refractivity contribution in [1.82, 2.24) is 21.3 Å². The standard InChI is InChI=1S/C20H31ClN4O3/c1-27-12-18-23-11-16(20(25-18)28-2)19(26)24-17-7-6-14(10-22-17)8-13-4-3-5-15(21)9-13/h3-5,9,14,16-18,20,22-23,25H,6-8,10-12H2,1-2H3,(H,24,26). The van der Waals surface area contributed by atoms with Crippen molar-refractivity contribution < 1.29 is 14.3 Å². The third kappa shape index (κ3) is 5.89. The number of ether oxygens (including phenoxy) is 2. The van der Waals surface area contributed by atoms with Crippen LogP contribution in [0.1, 0.15) is 18.4 Å². The van der Waals surface area contributed by atoms with Crippen molar-refractivity contribution in [2.24, 2.45) is 11.8 Å². The van der Waals surface area contributed by atoms with Gasteiger partial charge in [-0.2, -0.15) is 0 Å². The van der Waals surface area contributed by atoms with Crippen LogP contribution in [0, 0.1) is 11.8 Å². The first-order valence-electron chi connectivity index (χ1n) is 9.88. The summed E-state index contributed by atoms with van der Waals surface area (Å²) in [5, 5.41) is 13.9. The molecule has 0 aliphatic carbocycles. The van der Waals surface area contributed by atoms with Gasteiger partial charge in [0, 0.05) is 32.3 Å². The number of carbonyl (C=O) groups excluding carboxylic acids is 1. The van der Waals surface area contributed by atoms with E-state index in [4.69, 9.17) is 21.1 Å². The van der Waals surface area contributed by atoms with Gasteiger partial charge in [0.2, 0.25) is 5.91 Å². The summed E-state index contributed by atoms with van der Waals surface area (Å²) < 4.78 is 10.6. The van der Waals surface area contributed by atoms with Crippen LogP contribution in [0.3, 0.4) is 0 Å². The summed E-state index contributed by atoms with van der Waals surface area (Å²) in [5.74, 6) is 0.253. The summed E-state index contributed by atoms with van der Waals surface area (Å²) in [7, 11) is 3.27. The summed E-state index contributed by atoms with van der Waals surface area (Å²) in [6.45, 7) is 1.95. The predicted molar refractivity (Wildman–Crippen MR) is 109 cm³/mol. The zero-order chi connectivity index (χ0) is 19.9. The van der Waals surface area contributed by atoms with E-state index >= 15 is 0 Å². The number of nitrogens with one attached hydrogen (secondary N) is 4. The average molecular weight is 411 g/mol. The normalized spacial score (nSPS) is 30.8. The molecule has 3 rings (SSSR count). The first kappa shape index (κ1) is 21.5. The van der Waals surface area contributed by atoms with Crippen LogP contribution < -0.4 is 21.3 Å². The summed E-state index contributed by atoms with van der Waals surface area (Å²) >= 11 is 6.08. The number of amides is 1. The maximum absolute atomic E-state index is 12.8. The SMILES string of the molecule is COCC1NCC(C(=O)NC2CCC(Cc3cccc(Cl)c3)CN2)C(OC)N1. The molecule has 2 aliphatic heterocycles. The van der Waals surface area contributed by atoms with Crippen LogP contribution in [0.2, 0.25) is 5.02 Å². The quantitative estimate of drug-likeness (QED) is 0.538. The van der Waals surface area contributed by atoms with Crippen LogP contribution in [0.15, 0.2) is 24.3 Å². The maximum Gasteiger partial charge on any atom is 0.229 e. The second-order valence-corrected chi connectivity index (χ2v) is 8.03. The lowest BCUT2D eigenvalue weighted by molar-refractivity contribution is -0.134. The minimum atomic E-state index is -0.333. The second kappa shape index (κ2) is 10.5. The van der Waals surface area contributed by atoms with Crippen molar-refractivity contribution in [3.63, 3.8) is 0 Å². The van der Waals surface area contributed by atoms with Crippen molar-refractivity contribution in [3.05, 3.63) is 34.9 Å². The lowest BCUT2D eigenvalue weighted by Crippen LogP contribution is -2.64. The van der Waals surface area contributed by atoms with Gasteiger partial charge < -0.3 is 14.8 Å². The Hall–Kier alpha value is -1.22. The smallest absolute Gasteiger partial charge is 0.229 e. The number of carbonyl (C=O) groups is 1. The number of benzene rings is 1. The largest absolute Gasteiger partial charge is 0.382 e. The Morgan fingerprint density at radius 1 is 1.25 bits per heavy atom. The molecule has 2 saturated heterocycles. The van der Waals surface area contributed by atoms with Gasteiger partial charge in [-0.15, -0.1) is 0 Å². The van der Waals surface area contributed by atoms with E-state index in [0.717, 1.165) is 30.8 Å². The van der Waals surface area contributed by atoms with E-state index in [1.807, 2.05) is 18.2 Å². The molecule has 1 aromatic rings. The van der Waals surface area contributed by atoms with Gasteiger partial charge in [0.15, 0.2) is 0 Å². The summed E-state index contributed by atoms with van der Waals surface area (Å²) in [6, 6.07) is 8.03. The molecule has 2 heterocycles. The Balaban J connectivity index is 1.44. The third-order valence-corrected chi connectivity index (χ3v) is 5.72. The highest BCUT2D eigenvalue weighted by Crippen LogP contribution is 2.21. The highest BCUT2D eigenvalue weighted by atomic mass is 35.5. The van der Waals surface area contributed by atoms with Crippen LogP contribution in [-0.4, -0.2) is 58.4 Å². The van der Waals surface area contributed by atoms with E-state index in [-0.39, 0.29) is 30.4 Å². The van der Waals surface area contributed by atoms with Crippen molar-refractivity contribution in [1.29, 1.82) is 0 Å². The molecule has 5 atom stereocenters. The summed E-state index contributed by atoms with van der Waals surface area (Å²) in [5.41, 5.74) is 1.26. The molecule has 1 amide bonds. The molecule has 28 heavy (non-hydrogen) atoms. The van der Waals surface area contributed by atoms with Crippen LogP contribution in [0.4, 0.5) is 0 Å². The van der Waals surface area contributed by atoms with Gasteiger partial charge >= 0.3 is 0 Å². The highest BCUT2D eigenvalue weighted by Gasteiger charge is 2.35. The van der Waals surface area contributed by atoms with E-state index in [2.05, 4.69) is 27.3 Å². The number of rotatable bonds is 7. The summed E-state index contributed by atoms with van der Waals surface area (Å²) in [4.78, 5) is 12.8. The molecule has 2 fully saturated rings. The van der Waals surface area contributed by atoms with Gasteiger partial charge in [-0.25, -0.2) is 0 Å². The molecule has 8 heteroatoms. The fraction of sp³-hybridized carbons (Fsp3) is 0.650. The van der Waals surface area contributed by atoms with Crippen LogP contribution in [-0.2, 0) is 20.7 Å². The maximum atomic E-state index is 12.8. The number of halogens is 1. The lowest BCUT2D eigenvalue weighted by Gasteiger charge is -2.38. The Bertz CT molecular complexity index is 640. The van der Waals surface area contributed by atoms with Gasteiger partial charge in [-0.05, 0) is 42.9 Å². The van der Waals surface area contributed by atoms with Crippen molar-refractivity contribution in [2.45, 2.75) is 37.8 Å². The molecule has 0 aromatic heterocycles. The molecular formula is C20H31ClN4O3. The average Bonchev–Trinajstić information content (AvgIpc) is 2.69. The third-order valence-electron chi connectivity index (χ3n) is 5.49. The van der Waals surface area contributed by atoms with Crippen molar-refractivity contribution >= 4 is 17.5 Å². The topological polar surface area (TPSA) is 83.7 Å². The Morgan fingerprint density at radius 2 is 2.11 bits per heavy atom. The fourth-order valence-corrected chi connectivity index (χ4v) is 4.19. The van der Waals surface area contributed by atoms with Gasteiger partial charge in [-0.1, -0.05) is 23.7 Å². The first-order valence-corrected chi connectivity index (χ1v) is 10.3. The summed E-state index contributed by atoms with van der Waals surface area (Å²) in [6.07, 6.45) is 2.62. The highest BCUT2D eigenvalue weighted by molar-refractivity contribution is 6.30. The van der Waals surface area contributed by atoms with Gasteiger partial charge in [0.25, 0.3) is 0 Å². The number of methoxy groups -OCH3 is 2. The molecule has 1 aromatic carbocycles. The van der Waals surface area contributed by atoms with Crippen molar-refractivity contribution in [3.8, 4) is 0 Å². The van der Waals surface area contributed by atoms with Gasteiger partial charge in [-0.3, -0.25) is 20.7 Å². The minimum Gasteiger partial charge on any atom is -0.382 e. The van der Waals surface area contributed by atoms with Crippen molar-refractivity contribution in [2.75, 3.05) is 33.9 Å². The van der Waals surface area contributed by atoms with E-state index in [0.29, 0.717) is 19.1 Å². The molecule has 0 spiro atoms. The fourth-order valence-electron chi connectivity index (χ4n) is 3.97. The molecule has 2 aliphatic rings. The van der Waals surface area contributed by atoms with Gasteiger partial charge in [0.1, 0.15) is 6.23 Å². The molecule has 0 saturated carbocycles. The Labute approximate surface area is 171 Å². The monoisotopic (exact) mass is 410 g/mol. The zero-order valence-electron chi connectivity index (χ0n) is 16.5. The lowest BCUT2D eigenvalue weighted by atomic mass is 9.91. The Morgan fingerprint density at radius 3 is 2.79 bits per heavy atom. The molecule has 156 valence electrons. The van der Waals surface area contributed by atoms with E-state index in [1.54, 1.807) is 14.2 Å². The molecular weight excluding hydrogens is 380 g/mol. The second-order valence-electron chi connectivity index (χ2n) is 7.59. The molecule has 0 bridgehead atoms. The van der Waals surface area contributed by atoms with Gasteiger partial charge in [0.05, 0.1) is 24.9 Å². The Kier molecular flexibility index (Phi) is 8.08. The molecule has 4 N–H and O–H groups in total. The number of piperidine rings is 1. The number of hydrogen-bond acceptors (Lipinski definition) is 6. The zero-order valence-corrected chi connectivity index (χ0v) is 17.3. The molecule has 0 radical (unpaired) electrons. The molecule has 5 unspecified atom stereocenters.